The number of likely N-dealkylation sites (tertiary alicyclic amines) is 1. The fraction of sp³-hybridized carbons (Fsp3) is 0.375. The summed E-state index contributed by atoms with van der Waals surface area (Å²) in [7, 11) is 0. The monoisotopic (exact) mass is 286 g/mol. The zero-order valence-electron chi connectivity index (χ0n) is 12.0. The Morgan fingerprint density at radius 2 is 2.33 bits per heavy atom. The fourth-order valence-corrected chi connectivity index (χ4v) is 2.56. The molecule has 1 fully saturated rings. The number of aliphatic hydroxyl groups excluding tert-OH is 1. The molecule has 0 radical (unpaired) electrons. The molecule has 1 N–H and O–H groups in total. The number of rotatable bonds is 3. The Hall–Kier alpha value is -2.14. The average Bonchev–Trinajstić information content (AvgIpc) is 2.91. The molecule has 5 nitrogen and oxygen atoms in total. The molecule has 1 aliphatic heterocycles. The van der Waals surface area contributed by atoms with Crippen LogP contribution in [-0.4, -0.2) is 46.7 Å². The predicted molar refractivity (Wildman–Crippen MR) is 79.2 cm³/mol. The van der Waals surface area contributed by atoms with Gasteiger partial charge < -0.3 is 14.7 Å². The minimum atomic E-state index is -0.404. The second-order valence-corrected chi connectivity index (χ2v) is 5.40. The number of fused-ring (bicyclic) bond motifs is 1. The number of nitrogens with zero attached hydrogens (tertiary/aromatic N) is 2. The fourth-order valence-electron chi connectivity index (χ4n) is 2.56. The Balaban J connectivity index is 1.72. The first-order valence-corrected chi connectivity index (χ1v) is 7.07. The van der Waals surface area contributed by atoms with Gasteiger partial charge in [0.15, 0.2) is 6.61 Å². The molecule has 21 heavy (non-hydrogen) atoms. The third kappa shape index (κ3) is 2.97. The van der Waals surface area contributed by atoms with Crippen LogP contribution in [0.15, 0.2) is 30.5 Å². The number of hydrogen-bond donors (Lipinski definition) is 1. The molecular weight excluding hydrogens is 268 g/mol. The van der Waals surface area contributed by atoms with Gasteiger partial charge in [-0.05, 0) is 37.1 Å². The molecular formula is C16H18N2O3. The molecule has 1 aromatic carbocycles. The number of hydrogen-bond acceptors (Lipinski definition) is 4. The number of carbonyl (C=O) groups excluding carboxylic acids is 1. The van der Waals surface area contributed by atoms with Gasteiger partial charge in [-0.2, -0.15) is 0 Å². The maximum Gasteiger partial charge on any atom is 0.260 e. The highest BCUT2D eigenvalue weighted by Crippen LogP contribution is 2.24. The molecule has 1 aliphatic rings. The van der Waals surface area contributed by atoms with Crippen molar-refractivity contribution in [2.75, 3.05) is 19.7 Å². The second kappa shape index (κ2) is 5.69. The number of aromatic nitrogens is 1. The third-order valence-corrected chi connectivity index (χ3v) is 3.73. The minimum Gasteiger partial charge on any atom is -0.483 e. The van der Waals surface area contributed by atoms with Gasteiger partial charge in [-0.15, -0.1) is 0 Å². The quantitative estimate of drug-likeness (QED) is 0.929. The molecule has 0 spiro atoms. The first-order valence-electron chi connectivity index (χ1n) is 7.07. The number of aliphatic hydroxyl groups is 1. The van der Waals surface area contributed by atoms with Crippen LogP contribution in [0.4, 0.5) is 0 Å². The Kier molecular flexibility index (Phi) is 3.75. The van der Waals surface area contributed by atoms with Gasteiger partial charge in [0.05, 0.1) is 11.6 Å². The molecule has 110 valence electrons. The van der Waals surface area contributed by atoms with Crippen LogP contribution in [0.25, 0.3) is 10.9 Å². The molecule has 1 amide bonds. The first kappa shape index (κ1) is 13.8. The van der Waals surface area contributed by atoms with E-state index < -0.39 is 6.10 Å². The molecule has 1 aromatic heterocycles. The lowest BCUT2D eigenvalue weighted by molar-refractivity contribution is -0.132. The summed E-state index contributed by atoms with van der Waals surface area (Å²) in [6.07, 6.45) is 1.92. The maximum absolute atomic E-state index is 12.0. The Morgan fingerprint density at radius 3 is 3.10 bits per heavy atom. The van der Waals surface area contributed by atoms with Crippen LogP contribution >= 0.6 is 0 Å². The van der Waals surface area contributed by atoms with Crippen molar-refractivity contribution in [2.24, 2.45) is 0 Å². The van der Waals surface area contributed by atoms with E-state index >= 15 is 0 Å². The highest BCUT2D eigenvalue weighted by atomic mass is 16.5. The van der Waals surface area contributed by atoms with Crippen LogP contribution < -0.4 is 4.74 Å². The van der Waals surface area contributed by atoms with Crippen molar-refractivity contribution in [3.05, 3.63) is 36.0 Å². The zero-order chi connectivity index (χ0) is 14.8. The lowest BCUT2D eigenvalue weighted by Gasteiger charge is -2.16. The second-order valence-electron chi connectivity index (χ2n) is 5.40. The number of amides is 1. The molecule has 0 bridgehead atoms. The van der Waals surface area contributed by atoms with Crippen LogP contribution in [0.1, 0.15) is 12.0 Å². The van der Waals surface area contributed by atoms with Crippen molar-refractivity contribution in [3.63, 3.8) is 0 Å². The highest BCUT2D eigenvalue weighted by molar-refractivity contribution is 5.86. The summed E-state index contributed by atoms with van der Waals surface area (Å²) in [5.41, 5.74) is 1.99. The summed E-state index contributed by atoms with van der Waals surface area (Å²) in [6.45, 7) is 2.99. The Morgan fingerprint density at radius 1 is 1.48 bits per heavy atom. The third-order valence-electron chi connectivity index (χ3n) is 3.73. The number of carbonyl (C=O) groups is 1. The zero-order valence-corrected chi connectivity index (χ0v) is 12.0. The van der Waals surface area contributed by atoms with E-state index in [1.54, 1.807) is 17.2 Å². The van der Waals surface area contributed by atoms with Gasteiger partial charge in [-0.25, -0.2) is 0 Å². The van der Waals surface area contributed by atoms with Crippen LogP contribution in [0.2, 0.25) is 0 Å². The van der Waals surface area contributed by atoms with Crippen molar-refractivity contribution in [1.29, 1.82) is 0 Å². The molecule has 5 heteroatoms. The molecule has 1 saturated heterocycles. The van der Waals surface area contributed by atoms with E-state index in [0.717, 1.165) is 16.5 Å². The summed E-state index contributed by atoms with van der Waals surface area (Å²) < 4.78 is 5.66. The van der Waals surface area contributed by atoms with E-state index in [-0.39, 0.29) is 12.5 Å². The predicted octanol–water partition coefficient (Wildman–Crippen LogP) is 1.52. The van der Waals surface area contributed by atoms with Gasteiger partial charge >= 0.3 is 0 Å². The number of pyridine rings is 1. The largest absolute Gasteiger partial charge is 0.483 e. The molecule has 1 atom stereocenters. The van der Waals surface area contributed by atoms with Gasteiger partial charge in [0.1, 0.15) is 5.75 Å². The Bertz CT molecular complexity index is 672. The van der Waals surface area contributed by atoms with Gasteiger partial charge in [0.2, 0.25) is 0 Å². The highest BCUT2D eigenvalue weighted by Gasteiger charge is 2.24. The molecule has 0 unspecified atom stereocenters. The summed E-state index contributed by atoms with van der Waals surface area (Å²) >= 11 is 0. The van der Waals surface area contributed by atoms with Crippen molar-refractivity contribution in [3.8, 4) is 5.75 Å². The molecule has 2 heterocycles. The van der Waals surface area contributed by atoms with E-state index in [1.807, 2.05) is 25.1 Å². The topological polar surface area (TPSA) is 62.7 Å². The first-order chi connectivity index (χ1) is 10.1. The Labute approximate surface area is 123 Å². The maximum atomic E-state index is 12.0. The standard InChI is InChI=1S/C16H18N2O3/c1-11-2-3-13-14(8-11)17-6-4-15(13)21-10-16(20)18-7-5-12(19)9-18/h2-4,6,8,12,19H,5,7,9-10H2,1H3/t12-/m1/s1. The minimum absolute atomic E-state index is 0.0142. The van der Waals surface area contributed by atoms with E-state index in [2.05, 4.69) is 4.98 Å². The summed E-state index contributed by atoms with van der Waals surface area (Å²) in [5, 5.41) is 10.4. The van der Waals surface area contributed by atoms with Gasteiger partial charge in [-0.3, -0.25) is 9.78 Å². The average molecular weight is 286 g/mol. The van der Waals surface area contributed by atoms with Gasteiger partial charge in [0.25, 0.3) is 5.91 Å². The summed E-state index contributed by atoms with van der Waals surface area (Å²) in [6, 6.07) is 7.71. The van der Waals surface area contributed by atoms with Crippen LogP contribution in [0.5, 0.6) is 5.75 Å². The lowest BCUT2D eigenvalue weighted by atomic mass is 10.1. The van der Waals surface area contributed by atoms with Crippen LogP contribution in [-0.2, 0) is 4.79 Å². The molecule has 2 aromatic rings. The van der Waals surface area contributed by atoms with Crippen molar-refractivity contribution >= 4 is 16.8 Å². The van der Waals surface area contributed by atoms with Gasteiger partial charge in [-0.1, -0.05) is 6.07 Å². The van der Waals surface area contributed by atoms with E-state index in [9.17, 15) is 9.90 Å². The molecule has 0 aliphatic carbocycles. The smallest absolute Gasteiger partial charge is 0.260 e. The van der Waals surface area contributed by atoms with Crippen molar-refractivity contribution in [2.45, 2.75) is 19.4 Å². The van der Waals surface area contributed by atoms with E-state index in [4.69, 9.17) is 4.74 Å². The molecule has 3 rings (SSSR count). The normalized spacial score (nSPS) is 18.2. The van der Waals surface area contributed by atoms with Crippen molar-refractivity contribution < 1.29 is 14.6 Å². The van der Waals surface area contributed by atoms with E-state index in [1.165, 1.54) is 0 Å². The van der Waals surface area contributed by atoms with E-state index in [0.29, 0.717) is 25.3 Å². The van der Waals surface area contributed by atoms with Crippen molar-refractivity contribution in [1.82, 2.24) is 9.88 Å². The summed E-state index contributed by atoms with van der Waals surface area (Å²) in [4.78, 5) is 18.0. The summed E-state index contributed by atoms with van der Waals surface area (Å²) in [5.74, 6) is 0.566. The van der Waals surface area contributed by atoms with Crippen LogP contribution in [0.3, 0.4) is 0 Å². The lowest BCUT2D eigenvalue weighted by Crippen LogP contribution is -2.33. The number of benzene rings is 1. The molecule has 0 saturated carbocycles. The number of β-amino-alcohol motifs (C(OH)–C–C–N with tert-alkyl or cyclic N) is 1. The van der Waals surface area contributed by atoms with Gasteiger partial charge in [0, 0.05) is 24.7 Å². The number of ether oxygens (including phenoxy) is 1. The number of aryl methyl sites for hydroxylation is 1. The SMILES string of the molecule is Cc1ccc2c(OCC(=O)N3CC[C@@H](O)C3)ccnc2c1. The van der Waals surface area contributed by atoms with Crippen LogP contribution in [0, 0.1) is 6.92 Å².